The lowest BCUT2D eigenvalue weighted by Crippen LogP contribution is -2.50. The molecule has 0 unspecified atom stereocenters. The van der Waals surface area contributed by atoms with Gasteiger partial charge in [0.1, 0.15) is 5.75 Å². The number of nitrogens with zero attached hydrogens (tertiary/aromatic N) is 2. The molecule has 1 aromatic rings. The van der Waals surface area contributed by atoms with Crippen molar-refractivity contribution in [1.29, 1.82) is 0 Å². The summed E-state index contributed by atoms with van der Waals surface area (Å²) in [6, 6.07) is 6.30. The minimum absolute atomic E-state index is 0.0252. The number of nitrogens with one attached hydrogen (secondary N) is 1. The van der Waals surface area contributed by atoms with Gasteiger partial charge in [0.15, 0.2) is 0 Å². The van der Waals surface area contributed by atoms with Crippen molar-refractivity contribution >= 4 is 17.9 Å². The van der Waals surface area contributed by atoms with E-state index in [1.165, 1.54) is 18.2 Å². The van der Waals surface area contributed by atoms with E-state index >= 15 is 0 Å². The smallest absolute Gasteiger partial charge is 0.387 e. The highest BCUT2D eigenvalue weighted by molar-refractivity contribution is 5.92. The molecule has 1 aliphatic heterocycles. The average molecular weight is 367 g/mol. The first-order valence-electron chi connectivity index (χ1n) is 8.49. The van der Waals surface area contributed by atoms with Crippen molar-refractivity contribution in [2.75, 3.05) is 39.3 Å². The Hall–Kier alpha value is -2.48. The minimum Gasteiger partial charge on any atom is -0.434 e. The van der Waals surface area contributed by atoms with Gasteiger partial charge in [-0.25, -0.2) is 0 Å². The second-order valence-electron chi connectivity index (χ2n) is 5.80. The van der Waals surface area contributed by atoms with Gasteiger partial charge in [0.05, 0.1) is 6.54 Å². The third-order valence-electron chi connectivity index (χ3n) is 3.97. The van der Waals surface area contributed by atoms with Crippen LogP contribution in [0.15, 0.2) is 30.3 Å². The number of para-hydroxylation sites is 1. The summed E-state index contributed by atoms with van der Waals surface area (Å²) in [5.74, 6) is -0.198. The molecule has 0 aromatic heterocycles. The van der Waals surface area contributed by atoms with Gasteiger partial charge in [0.2, 0.25) is 11.8 Å². The summed E-state index contributed by atoms with van der Waals surface area (Å²) in [4.78, 5) is 27.5. The maximum Gasteiger partial charge on any atom is 0.387 e. The van der Waals surface area contributed by atoms with Crippen LogP contribution >= 0.6 is 0 Å². The number of rotatable bonds is 7. The van der Waals surface area contributed by atoms with Crippen molar-refractivity contribution in [3.05, 3.63) is 35.9 Å². The Labute approximate surface area is 151 Å². The third-order valence-corrected chi connectivity index (χ3v) is 3.97. The van der Waals surface area contributed by atoms with Crippen LogP contribution in [0, 0.1) is 0 Å². The van der Waals surface area contributed by atoms with E-state index in [1.54, 1.807) is 23.1 Å². The zero-order valence-electron chi connectivity index (χ0n) is 14.7. The van der Waals surface area contributed by atoms with Crippen molar-refractivity contribution in [2.45, 2.75) is 13.5 Å². The van der Waals surface area contributed by atoms with Gasteiger partial charge in [-0.15, -0.1) is 0 Å². The van der Waals surface area contributed by atoms with Crippen LogP contribution in [0.1, 0.15) is 12.5 Å². The van der Waals surface area contributed by atoms with E-state index in [0.717, 1.165) is 0 Å². The number of piperazine rings is 1. The lowest BCUT2D eigenvalue weighted by atomic mass is 10.2. The highest BCUT2D eigenvalue weighted by Gasteiger charge is 2.21. The Morgan fingerprint density at radius 2 is 1.92 bits per heavy atom. The number of carbonyl (C=O) groups excluding carboxylic acids is 2. The molecule has 0 radical (unpaired) electrons. The van der Waals surface area contributed by atoms with Gasteiger partial charge >= 0.3 is 6.61 Å². The van der Waals surface area contributed by atoms with Crippen LogP contribution in [-0.4, -0.2) is 67.5 Å². The molecule has 2 amide bonds. The fourth-order valence-electron chi connectivity index (χ4n) is 2.67. The third kappa shape index (κ3) is 6.11. The number of hydrogen-bond donors (Lipinski definition) is 1. The van der Waals surface area contributed by atoms with Crippen LogP contribution in [-0.2, 0) is 9.59 Å². The molecule has 0 aliphatic carbocycles. The van der Waals surface area contributed by atoms with E-state index in [-0.39, 0.29) is 17.6 Å². The molecular formula is C18H23F2N3O3. The van der Waals surface area contributed by atoms with Crippen LogP contribution in [0.3, 0.4) is 0 Å². The Morgan fingerprint density at radius 3 is 2.58 bits per heavy atom. The first-order chi connectivity index (χ1) is 12.5. The summed E-state index contributed by atoms with van der Waals surface area (Å²) in [5.41, 5.74) is 0.413. The number of halogens is 2. The summed E-state index contributed by atoms with van der Waals surface area (Å²) in [6.07, 6.45) is 2.83. The molecule has 142 valence electrons. The fourth-order valence-corrected chi connectivity index (χ4v) is 2.67. The van der Waals surface area contributed by atoms with Gasteiger partial charge in [-0.1, -0.05) is 18.2 Å². The zero-order valence-corrected chi connectivity index (χ0v) is 14.7. The minimum atomic E-state index is -2.92. The monoisotopic (exact) mass is 367 g/mol. The summed E-state index contributed by atoms with van der Waals surface area (Å²) in [7, 11) is 0. The van der Waals surface area contributed by atoms with Crippen molar-refractivity contribution in [2.24, 2.45) is 0 Å². The Morgan fingerprint density at radius 1 is 1.23 bits per heavy atom. The molecule has 1 aromatic carbocycles. The number of alkyl halides is 2. The van der Waals surface area contributed by atoms with Gasteiger partial charge in [-0.2, -0.15) is 8.78 Å². The van der Waals surface area contributed by atoms with Crippen LogP contribution in [0.4, 0.5) is 8.78 Å². The van der Waals surface area contributed by atoms with Crippen LogP contribution in [0.2, 0.25) is 0 Å². The van der Waals surface area contributed by atoms with E-state index in [2.05, 4.69) is 10.1 Å². The molecule has 0 spiro atoms. The fraction of sp³-hybridized carbons (Fsp3) is 0.444. The second kappa shape index (κ2) is 9.86. The maximum atomic E-state index is 12.4. The highest BCUT2D eigenvalue weighted by Crippen LogP contribution is 2.21. The molecule has 1 N–H and O–H groups in total. The number of likely N-dealkylation sites (N-methyl/N-ethyl adjacent to an activating group) is 1. The Bertz CT molecular complexity index is 644. The van der Waals surface area contributed by atoms with Crippen LogP contribution < -0.4 is 10.1 Å². The molecule has 0 saturated carbocycles. The molecule has 0 atom stereocenters. The first kappa shape index (κ1) is 19.8. The van der Waals surface area contributed by atoms with Crippen molar-refractivity contribution in [3.8, 4) is 5.75 Å². The standard InChI is InChI=1S/C18H23F2N3O3/c1-2-21-16(24)13-22-9-11-23(12-10-22)17(25)8-7-14-5-3-4-6-15(14)26-18(19)20/h3-8,18H,2,9-13H2,1H3,(H,21,24)/b8-7+. The van der Waals surface area contributed by atoms with E-state index in [0.29, 0.717) is 44.8 Å². The molecule has 1 fully saturated rings. The van der Waals surface area contributed by atoms with Crippen molar-refractivity contribution in [3.63, 3.8) is 0 Å². The topological polar surface area (TPSA) is 61.9 Å². The van der Waals surface area contributed by atoms with E-state index < -0.39 is 6.61 Å². The molecule has 6 nitrogen and oxygen atoms in total. The van der Waals surface area contributed by atoms with E-state index in [4.69, 9.17) is 0 Å². The Kier molecular flexibility index (Phi) is 7.53. The normalized spacial score (nSPS) is 15.5. The molecule has 1 heterocycles. The number of amides is 2. The number of benzene rings is 1. The SMILES string of the molecule is CCNC(=O)CN1CCN(C(=O)/C=C/c2ccccc2OC(F)F)CC1. The lowest BCUT2D eigenvalue weighted by Gasteiger charge is -2.33. The molecule has 1 aliphatic rings. The largest absolute Gasteiger partial charge is 0.434 e. The Balaban J connectivity index is 1.87. The number of carbonyl (C=O) groups is 2. The molecule has 26 heavy (non-hydrogen) atoms. The predicted molar refractivity (Wildman–Crippen MR) is 93.8 cm³/mol. The molecular weight excluding hydrogens is 344 g/mol. The molecule has 2 rings (SSSR count). The summed E-state index contributed by atoms with van der Waals surface area (Å²) >= 11 is 0. The predicted octanol–water partition coefficient (Wildman–Crippen LogP) is 1.58. The van der Waals surface area contributed by atoms with Gasteiger partial charge < -0.3 is 15.0 Å². The van der Waals surface area contributed by atoms with E-state index in [9.17, 15) is 18.4 Å². The zero-order chi connectivity index (χ0) is 18.9. The lowest BCUT2D eigenvalue weighted by molar-refractivity contribution is -0.128. The summed E-state index contributed by atoms with van der Waals surface area (Å²) < 4.78 is 29.3. The van der Waals surface area contributed by atoms with Crippen LogP contribution in [0.25, 0.3) is 6.08 Å². The summed E-state index contributed by atoms with van der Waals surface area (Å²) in [5, 5.41) is 2.75. The van der Waals surface area contributed by atoms with Gasteiger partial charge in [-0.3, -0.25) is 14.5 Å². The number of ether oxygens (including phenoxy) is 1. The highest BCUT2D eigenvalue weighted by atomic mass is 19.3. The van der Waals surface area contributed by atoms with Gasteiger partial charge in [0.25, 0.3) is 0 Å². The van der Waals surface area contributed by atoms with Crippen molar-refractivity contribution in [1.82, 2.24) is 15.1 Å². The van der Waals surface area contributed by atoms with E-state index in [1.807, 2.05) is 11.8 Å². The second-order valence-corrected chi connectivity index (χ2v) is 5.80. The van der Waals surface area contributed by atoms with Crippen LogP contribution in [0.5, 0.6) is 5.75 Å². The average Bonchev–Trinajstić information content (AvgIpc) is 2.61. The van der Waals surface area contributed by atoms with Gasteiger partial charge in [-0.05, 0) is 19.1 Å². The molecule has 8 heteroatoms. The van der Waals surface area contributed by atoms with Crippen molar-refractivity contribution < 1.29 is 23.1 Å². The quantitative estimate of drug-likeness (QED) is 0.744. The summed E-state index contributed by atoms with van der Waals surface area (Å²) in [6.45, 7) is 2.12. The number of hydrogen-bond acceptors (Lipinski definition) is 4. The van der Waals surface area contributed by atoms with Gasteiger partial charge in [0, 0.05) is 44.4 Å². The molecule has 0 bridgehead atoms. The maximum absolute atomic E-state index is 12.4. The first-order valence-corrected chi connectivity index (χ1v) is 8.49. The molecule has 1 saturated heterocycles.